The van der Waals surface area contributed by atoms with Gasteiger partial charge in [0.2, 0.25) is 0 Å². The molecular weight excluding hydrogens is 332 g/mol. The van der Waals surface area contributed by atoms with Gasteiger partial charge in [-0.25, -0.2) is 0 Å². The first kappa shape index (κ1) is 16.5. The molecule has 4 heteroatoms. The van der Waals surface area contributed by atoms with Crippen LogP contribution in [0.25, 0.3) is 28.0 Å². The zero-order valence-electron chi connectivity index (χ0n) is 15.5. The molecule has 0 bridgehead atoms. The van der Waals surface area contributed by atoms with Gasteiger partial charge < -0.3 is 5.32 Å². The molecule has 4 nitrogen and oxygen atoms in total. The topological polar surface area (TPSA) is 42.7 Å². The van der Waals surface area contributed by atoms with Crippen LogP contribution in [0.1, 0.15) is 36.4 Å². The molecule has 0 radical (unpaired) electrons. The molecule has 1 aromatic carbocycles. The Labute approximate surface area is 160 Å². The first-order chi connectivity index (χ1) is 13.3. The second-order valence-electron chi connectivity index (χ2n) is 7.56. The lowest BCUT2D eigenvalue weighted by atomic mass is 9.98. The Morgan fingerprint density at radius 2 is 1.78 bits per heavy atom. The maximum absolute atomic E-state index is 5.03. The summed E-state index contributed by atoms with van der Waals surface area (Å²) >= 11 is 0. The van der Waals surface area contributed by atoms with Crippen LogP contribution in [0.3, 0.4) is 0 Å². The average Bonchev–Trinajstić information content (AvgIpc) is 3.33. The molecule has 27 heavy (non-hydrogen) atoms. The van der Waals surface area contributed by atoms with Crippen molar-refractivity contribution in [2.45, 2.75) is 31.7 Å². The second kappa shape index (κ2) is 6.78. The van der Waals surface area contributed by atoms with Gasteiger partial charge in [-0.1, -0.05) is 24.8 Å². The van der Waals surface area contributed by atoms with E-state index in [-0.39, 0.29) is 0 Å². The average molecular weight is 356 g/mol. The molecule has 2 aromatic heterocycles. The summed E-state index contributed by atoms with van der Waals surface area (Å²) in [5.41, 5.74) is 8.62. The fourth-order valence-corrected chi connectivity index (χ4v) is 4.32. The van der Waals surface area contributed by atoms with Gasteiger partial charge in [0, 0.05) is 29.7 Å². The van der Waals surface area contributed by atoms with Crippen molar-refractivity contribution in [1.29, 1.82) is 0 Å². The van der Waals surface area contributed by atoms with Crippen LogP contribution in [0.15, 0.2) is 55.5 Å². The zero-order valence-corrected chi connectivity index (χ0v) is 15.5. The van der Waals surface area contributed by atoms with Gasteiger partial charge in [0.1, 0.15) is 5.69 Å². The number of nitrogens with one attached hydrogen (secondary N) is 1. The molecule has 0 saturated carbocycles. The summed E-state index contributed by atoms with van der Waals surface area (Å²) in [4.78, 5) is 4.17. The van der Waals surface area contributed by atoms with Crippen molar-refractivity contribution >= 4 is 5.57 Å². The van der Waals surface area contributed by atoms with E-state index in [0.717, 1.165) is 50.0 Å². The maximum Gasteiger partial charge on any atom is 0.100 e. The Morgan fingerprint density at radius 1 is 0.963 bits per heavy atom. The molecule has 0 atom stereocenters. The van der Waals surface area contributed by atoms with Gasteiger partial charge >= 0.3 is 0 Å². The number of hydrogen-bond acceptors (Lipinski definition) is 3. The van der Waals surface area contributed by atoms with Gasteiger partial charge in [-0.3, -0.25) is 9.67 Å². The summed E-state index contributed by atoms with van der Waals surface area (Å²) in [6.45, 7) is 6.32. The number of fused-ring (bicyclic) bond motifs is 1. The van der Waals surface area contributed by atoms with E-state index >= 15 is 0 Å². The highest BCUT2D eigenvalue weighted by Crippen LogP contribution is 2.37. The lowest BCUT2D eigenvalue weighted by Crippen LogP contribution is -2.29. The van der Waals surface area contributed by atoms with Crippen LogP contribution in [0.5, 0.6) is 0 Å². The maximum atomic E-state index is 5.03. The van der Waals surface area contributed by atoms with Crippen molar-refractivity contribution in [2.24, 2.45) is 0 Å². The third kappa shape index (κ3) is 3.00. The van der Waals surface area contributed by atoms with Crippen LogP contribution in [0.4, 0.5) is 0 Å². The first-order valence-electron chi connectivity index (χ1n) is 9.81. The highest BCUT2D eigenvalue weighted by molar-refractivity contribution is 5.82. The predicted octanol–water partition coefficient (Wildman–Crippen LogP) is 4.50. The first-order valence-corrected chi connectivity index (χ1v) is 9.81. The molecule has 5 rings (SSSR count). The summed E-state index contributed by atoms with van der Waals surface area (Å²) in [6.07, 6.45) is 10.4. The smallest absolute Gasteiger partial charge is 0.100 e. The normalized spacial score (nSPS) is 17.3. The monoisotopic (exact) mass is 356 g/mol. The largest absolute Gasteiger partial charge is 0.317 e. The molecular formula is C23H24N4. The Hall–Kier alpha value is -2.72. The standard InChI is InChI=1S/C23H24N4/c1-16-2-3-18-14-19(4-5-21(16)18)22-15-27(20-8-12-25-13-9-20)26-23(22)17-6-10-24-11-7-17/h4-7,10-11,14-15,20,25H,1-3,8-9,12-13H2. The van der Waals surface area contributed by atoms with Crippen molar-refractivity contribution < 1.29 is 0 Å². The number of aryl methyl sites for hydroxylation is 1. The minimum atomic E-state index is 0.467. The molecule has 0 spiro atoms. The molecule has 136 valence electrons. The van der Waals surface area contributed by atoms with E-state index in [9.17, 15) is 0 Å². The number of nitrogens with zero attached hydrogens (tertiary/aromatic N) is 3. The number of rotatable bonds is 3. The number of allylic oxidation sites excluding steroid dienone is 1. The van der Waals surface area contributed by atoms with Gasteiger partial charge in [-0.2, -0.15) is 5.10 Å². The van der Waals surface area contributed by atoms with Crippen molar-refractivity contribution in [3.8, 4) is 22.4 Å². The van der Waals surface area contributed by atoms with Crippen molar-refractivity contribution in [1.82, 2.24) is 20.1 Å². The van der Waals surface area contributed by atoms with Crippen LogP contribution in [0.2, 0.25) is 0 Å². The summed E-state index contributed by atoms with van der Waals surface area (Å²) in [7, 11) is 0. The van der Waals surface area contributed by atoms with Crippen LogP contribution in [0, 0.1) is 0 Å². The van der Waals surface area contributed by atoms with Crippen LogP contribution in [-0.4, -0.2) is 27.9 Å². The molecule has 3 aromatic rings. The van der Waals surface area contributed by atoms with E-state index in [2.05, 4.69) is 46.0 Å². The second-order valence-corrected chi connectivity index (χ2v) is 7.56. The Morgan fingerprint density at radius 3 is 2.59 bits per heavy atom. The summed E-state index contributed by atoms with van der Waals surface area (Å²) in [6, 6.07) is 11.4. The number of benzene rings is 1. The van der Waals surface area contributed by atoms with E-state index in [1.165, 1.54) is 27.8 Å². The van der Waals surface area contributed by atoms with E-state index in [1.807, 2.05) is 24.5 Å². The molecule has 1 aliphatic carbocycles. The van der Waals surface area contributed by atoms with Crippen LogP contribution >= 0.6 is 0 Å². The van der Waals surface area contributed by atoms with Crippen molar-refractivity contribution in [3.05, 3.63) is 66.6 Å². The minimum absolute atomic E-state index is 0.467. The third-order valence-corrected chi connectivity index (χ3v) is 5.86. The van der Waals surface area contributed by atoms with Gasteiger partial charge in [0.25, 0.3) is 0 Å². The fourth-order valence-electron chi connectivity index (χ4n) is 4.32. The lowest BCUT2D eigenvalue weighted by molar-refractivity contribution is 0.344. The Balaban J connectivity index is 1.62. The molecule has 3 heterocycles. The summed E-state index contributed by atoms with van der Waals surface area (Å²) in [5.74, 6) is 0. The van der Waals surface area contributed by atoms with Gasteiger partial charge in [0.05, 0.1) is 6.04 Å². The molecule has 1 aliphatic heterocycles. The number of hydrogen-bond donors (Lipinski definition) is 1. The fraction of sp³-hybridized carbons (Fsp3) is 0.304. The van der Waals surface area contributed by atoms with E-state index in [0.29, 0.717) is 6.04 Å². The number of aromatic nitrogens is 3. The van der Waals surface area contributed by atoms with Gasteiger partial charge in [0.15, 0.2) is 0 Å². The van der Waals surface area contributed by atoms with E-state index in [4.69, 9.17) is 5.10 Å². The highest BCUT2D eigenvalue weighted by Gasteiger charge is 2.21. The highest BCUT2D eigenvalue weighted by atomic mass is 15.3. The zero-order chi connectivity index (χ0) is 18.2. The molecule has 1 fully saturated rings. The SMILES string of the molecule is C=C1CCc2cc(-c3cn(C4CCNCC4)nc3-c3ccncc3)ccc21. The molecule has 0 unspecified atom stereocenters. The van der Waals surface area contributed by atoms with Gasteiger partial charge in [-0.15, -0.1) is 0 Å². The molecule has 1 saturated heterocycles. The Bertz CT molecular complexity index is 981. The quantitative estimate of drug-likeness (QED) is 0.751. The predicted molar refractivity (Wildman–Crippen MR) is 109 cm³/mol. The van der Waals surface area contributed by atoms with E-state index in [1.54, 1.807) is 0 Å². The Kier molecular flexibility index (Phi) is 4.13. The third-order valence-electron chi connectivity index (χ3n) is 5.86. The van der Waals surface area contributed by atoms with Crippen LogP contribution in [-0.2, 0) is 6.42 Å². The lowest BCUT2D eigenvalue weighted by Gasteiger charge is -2.22. The van der Waals surface area contributed by atoms with Crippen LogP contribution < -0.4 is 5.32 Å². The molecule has 0 amide bonds. The summed E-state index contributed by atoms with van der Waals surface area (Å²) < 4.78 is 2.19. The number of piperidine rings is 1. The van der Waals surface area contributed by atoms with Gasteiger partial charge in [-0.05, 0) is 73.2 Å². The number of pyridine rings is 1. The van der Waals surface area contributed by atoms with Crippen molar-refractivity contribution in [3.63, 3.8) is 0 Å². The van der Waals surface area contributed by atoms with E-state index < -0.39 is 0 Å². The minimum Gasteiger partial charge on any atom is -0.317 e. The molecule has 1 N–H and O–H groups in total. The van der Waals surface area contributed by atoms with Crippen molar-refractivity contribution in [2.75, 3.05) is 13.1 Å². The summed E-state index contributed by atoms with van der Waals surface area (Å²) in [5, 5.41) is 8.48. The molecule has 2 aliphatic rings.